The van der Waals surface area contributed by atoms with Crippen LogP contribution in [0, 0.1) is 0 Å². The zero-order valence-electron chi connectivity index (χ0n) is 19.0. The molecule has 32 heavy (non-hydrogen) atoms. The predicted molar refractivity (Wildman–Crippen MR) is 126 cm³/mol. The van der Waals surface area contributed by atoms with Gasteiger partial charge in [0, 0.05) is 42.0 Å². The van der Waals surface area contributed by atoms with Gasteiger partial charge in [0.05, 0.1) is 17.9 Å². The van der Waals surface area contributed by atoms with Crippen molar-refractivity contribution in [3.05, 3.63) is 30.0 Å². The van der Waals surface area contributed by atoms with E-state index in [1.54, 1.807) is 12.1 Å². The zero-order valence-corrected chi connectivity index (χ0v) is 19.0. The van der Waals surface area contributed by atoms with Crippen LogP contribution in [0.2, 0.25) is 0 Å². The summed E-state index contributed by atoms with van der Waals surface area (Å²) in [6.45, 7) is 7.29. The van der Waals surface area contributed by atoms with E-state index in [-0.39, 0.29) is 11.7 Å². The third kappa shape index (κ3) is 4.67. The largest absolute Gasteiger partial charge is 0.507 e. The molecule has 2 heterocycles. The Hall–Kier alpha value is -2.42. The molecule has 0 bridgehead atoms. The molecule has 0 spiro atoms. The first-order chi connectivity index (χ1) is 15.4. The molecule has 2 fully saturated rings. The number of rotatable bonds is 6. The smallest absolute Gasteiger partial charge is 0.220 e. The highest BCUT2D eigenvalue weighted by molar-refractivity contribution is 5.73. The van der Waals surface area contributed by atoms with E-state index in [9.17, 15) is 15.3 Å². The van der Waals surface area contributed by atoms with Crippen LogP contribution in [0.1, 0.15) is 51.1 Å². The monoisotopic (exact) mass is 441 g/mol. The van der Waals surface area contributed by atoms with Crippen molar-refractivity contribution < 1.29 is 15.3 Å². The minimum Gasteiger partial charge on any atom is -0.507 e. The fourth-order valence-electron chi connectivity index (χ4n) is 5.22. The molecule has 1 aromatic carbocycles. The molecular weight excluding hydrogens is 406 g/mol. The SMILES string of the molecule is CCN(CC)C1CCC(c2cc(-c3cc(N4C[C@H](O)[C@@H](O)C4)ccc3O)nc(N)n2)CC1. The summed E-state index contributed by atoms with van der Waals surface area (Å²) in [5.74, 6) is 0.656. The first kappa shape index (κ1) is 22.8. The molecule has 2 atom stereocenters. The van der Waals surface area contributed by atoms with Gasteiger partial charge < -0.3 is 30.9 Å². The number of anilines is 2. The third-order valence-corrected chi connectivity index (χ3v) is 7.09. The molecule has 0 unspecified atom stereocenters. The fraction of sp³-hybridized carbons (Fsp3) is 0.583. The quantitative estimate of drug-likeness (QED) is 0.539. The number of hydrogen-bond donors (Lipinski definition) is 4. The molecule has 1 aromatic heterocycles. The number of phenolic OH excluding ortho intramolecular Hbond substituents is 1. The minimum atomic E-state index is -0.778. The van der Waals surface area contributed by atoms with Crippen LogP contribution in [-0.2, 0) is 0 Å². The maximum atomic E-state index is 10.6. The molecule has 5 N–H and O–H groups in total. The van der Waals surface area contributed by atoms with E-state index in [1.807, 2.05) is 17.0 Å². The number of nitrogen functional groups attached to an aromatic ring is 1. The second kappa shape index (κ2) is 9.60. The van der Waals surface area contributed by atoms with Gasteiger partial charge in [-0.05, 0) is 63.0 Å². The number of aromatic hydroxyl groups is 1. The molecule has 1 aliphatic heterocycles. The Balaban J connectivity index is 1.56. The van der Waals surface area contributed by atoms with E-state index in [1.165, 1.54) is 0 Å². The van der Waals surface area contributed by atoms with Crippen molar-refractivity contribution in [2.75, 3.05) is 36.8 Å². The molecule has 4 rings (SSSR count). The Kier molecular flexibility index (Phi) is 6.83. The summed E-state index contributed by atoms with van der Waals surface area (Å²) in [4.78, 5) is 13.4. The number of benzene rings is 1. The zero-order chi connectivity index (χ0) is 22.8. The first-order valence-electron chi connectivity index (χ1n) is 11.7. The van der Waals surface area contributed by atoms with Crippen LogP contribution in [0.3, 0.4) is 0 Å². The van der Waals surface area contributed by atoms with E-state index in [2.05, 4.69) is 28.7 Å². The molecule has 1 aliphatic carbocycles. The second-order valence-corrected chi connectivity index (χ2v) is 9.00. The van der Waals surface area contributed by atoms with E-state index < -0.39 is 12.2 Å². The summed E-state index contributed by atoms with van der Waals surface area (Å²) >= 11 is 0. The summed E-state index contributed by atoms with van der Waals surface area (Å²) in [7, 11) is 0. The van der Waals surface area contributed by atoms with Crippen molar-refractivity contribution in [3.8, 4) is 17.0 Å². The Morgan fingerprint density at radius 2 is 1.66 bits per heavy atom. The molecule has 8 nitrogen and oxygen atoms in total. The molecule has 2 aromatic rings. The maximum Gasteiger partial charge on any atom is 0.220 e. The Morgan fingerprint density at radius 3 is 2.28 bits per heavy atom. The van der Waals surface area contributed by atoms with E-state index in [4.69, 9.17) is 5.73 Å². The van der Waals surface area contributed by atoms with Gasteiger partial charge >= 0.3 is 0 Å². The van der Waals surface area contributed by atoms with Crippen molar-refractivity contribution in [1.29, 1.82) is 0 Å². The summed E-state index contributed by atoms with van der Waals surface area (Å²) in [5, 5.41) is 30.3. The van der Waals surface area contributed by atoms with Gasteiger partial charge in [-0.25, -0.2) is 9.97 Å². The van der Waals surface area contributed by atoms with Gasteiger partial charge in [-0.3, -0.25) is 0 Å². The minimum absolute atomic E-state index is 0.114. The number of phenols is 1. The van der Waals surface area contributed by atoms with Gasteiger partial charge in [0.15, 0.2) is 0 Å². The number of aromatic nitrogens is 2. The fourth-order valence-corrected chi connectivity index (χ4v) is 5.22. The van der Waals surface area contributed by atoms with Gasteiger partial charge in [0.1, 0.15) is 5.75 Å². The first-order valence-corrected chi connectivity index (χ1v) is 11.7. The van der Waals surface area contributed by atoms with Crippen molar-refractivity contribution in [2.45, 2.75) is 63.7 Å². The van der Waals surface area contributed by atoms with Gasteiger partial charge in [0.2, 0.25) is 5.95 Å². The van der Waals surface area contributed by atoms with Crippen LogP contribution < -0.4 is 10.6 Å². The van der Waals surface area contributed by atoms with Crippen LogP contribution >= 0.6 is 0 Å². The second-order valence-electron chi connectivity index (χ2n) is 9.00. The lowest BCUT2D eigenvalue weighted by Gasteiger charge is -2.35. The highest BCUT2D eigenvalue weighted by Gasteiger charge is 2.30. The van der Waals surface area contributed by atoms with Crippen LogP contribution in [0.4, 0.5) is 11.6 Å². The molecule has 0 amide bonds. The number of hydrogen-bond acceptors (Lipinski definition) is 8. The molecule has 1 saturated carbocycles. The van der Waals surface area contributed by atoms with Gasteiger partial charge in [-0.2, -0.15) is 0 Å². The predicted octanol–water partition coefficient (Wildman–Crippen LogP) is 2.34. The summed E-state index contributed by atoms with van der Waals surface area (Å²) < 4.78 is 0. The number of aliphatic hydroxyl groups excluding tert-OH is 2. The molecule has 0 radical (unpaired) electrons. The van der Waals surface area contributed by atoms with Gasteiger partial charge in [-0.15, -0.1) is 0 Å². The van der Waals surface area contributed by atoms with E-state index in [0.717, 1.165) is 50.2 Å². The lowest BCUT2D eigenvalue weighted by Crippen LogP contribution is -2.37. The Labute approximate surface area is 189 Å². The van der Waals surface area contributed by atoms with Gasteiger partial charge in [0.25, 0.3) is 0 Å². The van der Waals surface area contributed by atoms with E-state index in [0.29, 0.717) is 36.3 Å². The highest BCUT2D eigenvalue weighted by atomic mass is 16.3. The molecule has 1 saturated heterocycles. The summed E-state index contributed by atoms with van der Waals surface area (Å²) in [6.07, 6.45) is 2.86. The van der Waals surface area contributed by atoms with Crippen molar-refractivity contribution in [3.63, 3.8) is 0 Å². The molecule has 2 aliphatic rings. The summed E-state index contributed by atoms with van der Waals surface area (Å²) in [5.41, 5.74) is 8.99. The Morgan fingerprint density at radius 1 is 1.00 bits per heavy atom. The van der Waals surface area contributed by atoms with Crippen LogP contribution in [0.5, 0.6) is 5.75 Å². The topological polar surface area (TPSA) is 119 Å². The molecule has 8 heteroatoms. The molecule has 174 valence electrons. The highest BCUT2D eigenvalue weighted by Crippen LogP contribution is 2.38. The Bertz CT molecular complexity index is 918. The van der Waals surface area contributed by atoms with Crippen LogP contribution in [-0.4, -0.2) is 74.6 Å². The van der Waals surface area contributed by atoms with Crippen molar-refractivity contribution in [1.82, 2.24) is 14.9 Å². The number of aliphatic hydroxyl groups is 2. The maximum absolute atomic E-state index is 10.6. The third-order valence-electron chi connectivity index (χ3n) is 7.09. The lowest BCUT2D eigenvalue weighted by molar-refractivity contribution is 0.0572. The average Bonchev–Trinajstić information content (AvgIpc) is 3.13. The van der Waals surface area contributed by atoms with Crippen molar-refractivity contribution in [2.24, 2.45) is 0 Å². The normalized spacial score (nSPS) is 26.1. The van der Waals surface area contributed by atoms with Crippen molar-refractivity contribution >= 4 is 11.6 Å². The van der Waals surface area contributed by atoms with E-state index >= 15 is 0 Å². The van der Waals surface area contributed by atoms with Crippen LogP contribution in [0.15, 0.2) is 24.3 Å². The number of β-amino-alcohol motifs (C(OH)–C–C–N with tert-alkyl or cyclic N) is 2. The number of nitrogens with two attached hydrogens (primary N) is 1. The van der Waals surface area contributed by atoms with Gasteiger partial charge in [-0.1, -0.05) is 13.8 Å². The average molecular weight is 442 g/mol. The lowest BCUT2D eigenvalue weighted by atomic mass is 9.83. The number of nitrogens with zero attached hydrogens (tertiary/aromatic N) is 4. The molecular formula is C24H35N5O3. The summed E-state index contributed by atoms with van der Waals surface area (Å²) in [6, 6.07) is 7.82. The van der Waals surface area contributed by atoms with Crippen LogP contribution in [0.25, 0.3) is 11.3 Å². The standard InChI is InChI=1S/C24H35N5O3/c1-3-28(4-2)16-7-5-15(6-8-16)19-12-20(27-24(25)26-19)18-11-17(9-10-21(18)30)29-13-22(31)23(32)14-29/h9-12,15-16,22-23,30-32H,3-8,13-14H2,1-2H3,(H2,25,26,27)/t15?,16?,22-,23-/m0/s1.